The Morgan fingerprint density at radius 2 is 2.32 bits per heavy atom. The zero-order valence-corrected chi connectivity index (χ0v) is 11.9. The van der Waals surface area contributed by atoms with Crippen LogP contribution < -0.4 is 15.4 Å². The van der Waals surface area contributed by atoms with Gasteiger partial charge < -0.3 is 15.4 Å². The van der Waals surface area contributed by atoms with Gasteiger partial charge in [0.1, 0.15) is 0 Å². The van der Waals surface area contributed by atoms with Gasteiger partial charge in [-0.05, 0) is 38.6 Å². The van der Waals surface area contributed by atoms with Gasteiger partial charge >= 0.3 is 0 Å². The summed E-state index contributed by atoms with van der Waals surface area (Å²) in [5.74, 6) is 1.97. The van der Waals surface area contributed by atoms with Gasteiger partial charge in [0.05, 0.1) is 6.61 Å². The fourth-order valence-electron chi connectivity index (χ4n) is 2.41. The van der Waals surface area contributed by atoms with E-state index in [1.807, 2.05) is 6.07 Å². The van der Waals surface area contributed by atoms with E-state index < -0.39 is 0 Å². The molecule has 2 unspecified atom stereocenters. The lowest BCUT2D eigenvalue weighted by molar-refractivity contribution is 0.303. The predicted octanol–water partition coefficient (Wildman–Crippen LogP) is 1.83. The number of anilines is 1. The van der Waals surface area contributed by atoms with Crippen LogP contribution in [0.2, 0.25) is 0 Å². The van der Waals surface area contributed by atoms with E-state index in [4.69, 9.17) is 10.5 Å². The third-order valence-electron chi connectivity index (χ3n) is 3.64. The molecule has 2 atom stereocenters. The minimum atomic E-state index is 0.462. The van der Waals surface area contributed by atoms with Crippen molar-refractivity contribution in [3.8, 4) is 5.88 Å². The molecule has 2 rings (SSSR count). The van der Waals surface area contributed by atoms with Crippen LogP contribution in [0.1, 0.15) is 33.1 Å². The summed E-state index contributed by atoms with van der Waals surface area (Å²) in [7, 11) is 0. The van der Waals surface area contributed by atoms with Gasteiger partial charge in [0, 0.05) is 24.8 Å². The Balaban J connectivity index is 2.10. The van der Waals surface area contributed by atoms with E-state index in [1.165, 1.54) is 6.42 Å². The molecule has 106 valence electrons. The number of rotatable bonds is 5. The number of nitrogens with two attached hydrogens (primary N) is 1. The molecular formula is C14H24N4O. The molecule has 0 aliphatic carbocycles. The summed E-state index contributed by atoms with van der Waals surface area (Å²) in [4.78, 5) is 11.1. The highest BCUT2D eigenvalue weighted by Crippen LogP contribution is 2.25. The van der Waals surface area contributed by atoms with E-state index in [2.05, 4.69) is 28.7 Å². The van der Waals surface area contributed by atoms with Gasteiger partial charge in [-0.1, -0.05) is 6.92 Å². The molecule has 2 N–H and O–H groups in total. The minimum absolute atomic E-state index is 0.462. The van der Waals surface area contributed by atoms with Gasteiger partial charge in [0.2, 0.25) is 11.8 Å². The van der Waals surface area contributed by atoms with E-state index >= 15 is 0 Å². The van der Waals surface area contributed by atoms with Crippen molar-refractivity contribution in [2.45, 2.75) is 39.2 Å². The van der Waals surface area contributed by atoms with Crippen molar-refractivity contribution in [1.29, 1.82) is 0 Å². The van der Waals surface area contributed by atoms with Crippen LogP contribution in [-0.2, 0) is 0 Å². The van der Waals surface area contributed by atoms with E-state index in [-0.39, 0.29) is 0 Å². The summed E-state index contributed by atoms with van der Waals surface area (Å²) in [5, 5.41) is 0. The zero-order valence-electron chi connectivity index (χ0n) is 11.9. The summed E-state index contributed by atoms with van der Waals surface area (Å²) >= 11 is 0. The largest absolute Gasteiger partial charge is 0.478 e. The number of hydrogen-bond acceptors (Lipinski definition) is 5. The molecule has 1 aromatic heterocycles. The number of aromatic nitrogens is 2. The Morgan fingerprint density at radius 3 is 3.05 bits per heavy atom. The highest BCUT2D eigenvalue weighted by Gasteiger charge is 2.26. The maximum Gasteiger partial charge on any atom is 0.228 e. The van der Waals surface area contributed by atoms with Crippen LogP contribution >= 0.6 is 0 Å². The molecule has 1 aliphatic heterocycles. The number of hydrogen-bond donors (Lipinski definition) is 1. The predicted molar refractivity (Wildman–Crippen MR) is 76.4 cm³/mol. The fourth-order valence-corrected chi connectivity index (χ4v) is 2.41. The normalized spacial score (nSPS) is 23.4. The number of piperidine rings is 1. The first-order valence-electron chi connectivity index (χ1n) is 7.17. The van der Waals surface area contributed by atoms with E-state index in [1.54, 1.807) is 6.20 Å². The SMILES string of the molecule is CCCOc1ccnc(N2CC(CN)CCC2C)n1. The van der Waals surface area contributed by atoms with Gasteiger partial charge in [-0.3, -0.25) is 0 Å². The average molecular weight is 264 g/mol. The molecule has 1 aromatic rings. The Labute approximate surface area is 115 Å². The number of nitrogens with zero attached hydrogens (tertiary/aromatic N) is 3. The zero-order chi connectivity index (χ0) is 13.7. The highest BCUT2D eigenvalue weighted by molar-refractivity contribution is 5.34. The van der Waals surface area contributed by atoms with Crippen molar-refractivity contribution in [2.24, 2.45) is 11.7 Å². The van der Waals surface area contributed by atoms with Gasteiger partial charge in [0.15, 0.2) is 0 Å². The molecule has 1 fully saturated rings. The molecule has 0 amide bonds. The third-order valence-corrected chi connectivity index (χ3v) is 3.64. The lowest BCUT2D eigenvalue weighted by Crippen LogP contribution is -2.44. The Kier molecular flexibility index (Phi) is 4.96. The van der Waals surface area contributed by atoms with Crippen LogP contribution in [0, 0.1) is 5.92 Å². The Hall–Kier alpha value is -1.36. The molecular weight excluding hydrogens is 240 g/mol. The summed E-state index contributed by atoms with van der Waals surface area (Å²) in [6.45, 7) is 6.66. The molecule has 1 aliphatic rings. The maximum atomic E-state index is 5.79. The summed E-state index contributed by atoms with van der Waals surface area (Å²) < 4.78 is 5.57. The van der Waals surface area contributed by atoms with Gasteiger partial charge in [0.25, 0.3) is 0 Å². The van der Waals surface area contributed by atoms with Gasteiger partial charge in [-0.25, -0.2) is 4.98 Å². The second-order valence-electron chi connectivity index (χ2n) is 5.22. The van der Waals surface area contributed by atoms with Crippen LogP contribution in [0.5, 0.6) is 5.88 Å². The number of ether oxygens (including phenoxy) is 1. The first kappa shape index (κ1) is 14.1. The average Bonchev–Trinajstić information content (AvgIpc) is 2.46. The van der Waals surface area contributed by atoms with Crippen LogP contribution in [0.25, 0.3) is 0 Å². The van der Waals surface area contributed by atoms with Gasteiger partial charge in [-0.2, -0.15) is 4.98 Å². The van der Waals surface area contributed by atoms with Crippen LogP contribution in [0.15, 0.2) is 12.3 Å². The molecule has 1 saturated heterocycles. The fraction of sp³-hybridized carbons (Fsp3) is 0.714. The summed E-state index contributed by atoms with van der Waals surface area (Å²) in [5.41, 5.74) is 5.79. The summed E-state index contributed by atoms with van der Waals surface area (Å²) in [6, 6.07) is 2.28. The van der Waals surface area contributed by atoms with Crippen molar-refractivity contribution >= 4 is 5.95 Å². The standard InChI is InChI=1S/C14H24N4O/c1-3-8-19-13-6-7-16-14(17-13)18-10-12(9-15)5-4-11(18)2/h6-7,11-12H,3-5,8-10,15H2,1-2H3. The topological polar surface area (TPSA) is 64.3 Å². The van der Waals surface area contributed by atoms with Crippen molar-refractivity contribution in [3.05, 3.63) is 12.3 Å². The summed E-state index contributed by atoms with van der Waals surface area (Å²) in [6.07, 6.45) is 5.09. The smallest absolute Gasteiger partial charge is 0.228 e. The lowest BCUT2D eigenvalue weighted by atomic mass is 9.94. The molecule has 0 bridgehead atoms. The molecule has 5 nitrogen and oxygen atoms in total. The van der Waals surface area contributed by atoms with Crippen LogP contribution in [-0.4, -0.2) is 35.7 Å². The van der Waals surface area contributed by atoms with Crippen LogP contribution in [0.4, 0.5) is 5.95 Å². The van der Waals surface area contributed by atoms with Crippen LogP contribution in [0.3, 0.4) is 0 Å². The first-order valence-corrected chi connectivity index (χ1v) is 7.17. The Morgan fingerprint density at radius 1 is 1.47 bits per heavy atom. The molecule has 2 heterocycles. The molecule has 0 radical (unpaired) electrons. The highest BCUT2D eigenvalue weighted by atomic mass is 16.5. The van der Waals surface area contributed by atoms with E-state index in [0.717, 1.165) is 31.9 Å². The quantitative estimate of drug-likeness (QED) is 0.879. The second-order valence-corrected chi connectivity index (χ2v) is 5.22. The molecule has 0 spiro atoms. The van der Waals surface area contributed by atoms with E-state index in [9.17, 15) is 0 Å². The molecule has 0 saturated carbocycles. The van der Waals surface area contributed by atoms with Gasteiger partial charge in [-0.15, -0.1) is 0 Å². The van der Waals surface area contributed by atoms with Crippen molar-refractivity contribution in [1.82, 2.24) is 9.97 Å². The van der Waals surface area contributed by atoms with Crippen molar-refractivity contribution in [3.63, 3.8) is 0 Å². The van der Waals surface area contributed by atoms with E-state index in [0.29, 0.717) is 24.4 Å². The Bertz CT molecular complexity index is 399. The van der Waals surface area contributed by atoms with Crippen molar-refractivity contribution < 1.29 is 4.74 Å². The second kappa shape index (κ2) is 6.70. The third kappa shape index (κ3) is 3.56. The first-order chi connectivity index (χ1) is 9.24. The monoisotopic (exact) mass is 264 g/mol. The lowest BCUT2D eigenvalue weighted by Gasteiger charge is -2.37. The van der Waals surface area contributed by atoms with Crippen molar-refractivity contribution in [2.75, 3.05) is 24.6 Å². The minimum Gasteiger partial charge on any atom is -0.478 e. The molecule has 5 heteroatoms. The molecule has 19 heavy (non-hydrogen) atoms. The molecule has 0 aromatic carbocycles. The maximum absolute atomic E-state index is 5.79.